The summed E-state index contributed by atoms with van der Waals surface area (Å²) in [5.74, 6) is 1.95. The molecule has 0 aliphatic heterocycles. The average Bonchev–Trinajstić information content (AvgIpc) is 2.21. The molecule has 0 radical (unpaired) electrons. The van der Waals surface area contributed by atoms with Crippen molar-refractivity contribution < 1.29 is 0 Å². The molecule has 0 fully saturated rings. The third kappa shape index (κ3) is 3.13. The molecular weight excluding hydrogens is 262 g/mol. The van der Waals surface area contributed by atoms with Crippen molar-refractivity contribution in [2.45, 2.75) is 24.8 Å². The van der Waals surface area contributed by atoms with Gasteiger partial charge in [0.05, 0.1) is 4.47 Å². The van der Waals surface area contributed by atoms with Crippen molar-refractivity contribution in [2.75, 3.05) is 18.1 Å². The molecule has 1 N–H and O–H groups in total. The number of nitrogens with one attached hydrogen (secondary N) is 1. The van der Waals surface area contributed by atoms with E-state index in [0.29, 0.717) is 0 Å². The molecule has 1 rings (SSSR count). The molecule has 14 heavy (non-hydrogen) atoms. The van der Waals surface area contributed by atoms with Crippen molar-refractivity contribution in [3.63, 3.8) is 0 Å². The molecule has 0 unspecified atom stereocenters. The fourth-order valence-electron chi connectivity index (χ4n) is 0.942. The lowest BCUT2D eigenvalue weighted by molar-refractivity contribution is 0.893. The molecule has 0 saturated heterocycles. The fourth-order valence-corrected chi connectivity index (χ4v) is 2.66. The molecule has 0 amide bonds. The number of aromatic nitrogens is 2. The van der Waals surface area contributed by atoms with Gasteiger partial charge in [-0.15, -0.1) is 11.8 Å². The Morgan fingerprint density at radius 2 is 2.29 bits per heavy atom. The molecule has 0 atom stereocenters. The molecule has 0 saturated carbocycles. The molecule has 1 aromatic heterocycles. The van der Waals surface area contributed by atoms with Gasteiger partial charge in [-0.1, -0.05) is 13.3 Å². The number of unbranched alkanes of at least 4 members (excludes halogenated alkanes) is 1. The number of nitrogens with zero attached hydrogens (tertiary/aromatic N) is 2. The summed E-state index contributed by atoms with van der Waals surface area (Å²) in [7, 11) is 1.85. The van der Waals surface area contributed by atoms with Gasteiger partial charge in [0.25, 0.3) is 0 Å². The number of halogens is 1. The lowest BCUT2D eigenvalue weighted by Gasteiger charge is -2.06. The second-order valence-electron chi connectivity index (χ2n) is 2.79. The maximum Gasteiger partial charge on any atom is 0.144 e. The van der Waals surface area contributed by atoms with Crippen molar-refractivity contribution in [1.29, 1.82) is 0 Å². The summed E-state index contributed by atoms with van der Waals surface area (Å²) in [4.78, 5) is 8.33. The van der Waals surface area contributed by atoms with Crippen LogP contribution in [0.15, 0.2) is 15.8 Å². The zero-order valence-corrected chi connectivity index (χ0v) is 10.8. The van der Waals surface area contributed by atoms with Gasteiger partial charge in [-0.2, -0.15) is 0 Å². The third-order valence-corrected chi connectivity index (χ3v) is 3.82. The molecule has 0 bridgehead atoms. The van der Waals surface area contributed by atoms with Crippen LogP contribution in [-0.4, -0.2) is 22.8 Å². The summed E-state index contributed by atoms with van der Waals surface area (Å²) in [6, 6.07) is 0. The summed E-state index contributed by atoms with van der Waals surface area (Å²) >= 11 is 5.25. The van der Waals surface area contributed by atoms with Crippen LogP contribution in [0, 0.1) is 0 Å². The first-order chi connectivity index (χ1) is 6.79. The van der Waals surface area contributed by atoms with Crippen LogP contribution in [0.1, 0.15) is 19.8 Å². The Kier molecular flexibility index (Phi) is 5.25. The second kappa shape index (κ2) is 6.24. The summed E-state index contributed by atoms with van der Waals surface area (Å²) < 4.78 is 0.962. The van der Waals surface area contributed by atoms with Gasteiger partial charge >= 0.3 is 0 Å². The Bertz CT molecular complexity index is 293. The fraction of sp³-hybridized carbons (Fsp3) is 0.556. The number of anilines is 1. The first-order valence-electron chi connectivity index (χ1n) is 4.60. The number of thioether (sulfide) groups is 1. The van der Waals surface area contributed by atoms with Crippen LogP contribution in [0.25, 0.3) is 0 Å². The number of rotatable bonds is 5. The summed E-state index contributed by atoms with van der Waals surface area (Å²) in [6.45, 7) is 2.19. The van der Waals surface area contributed by atoms with Crippen LogP contribution in [0.2, 0.25) is 0 Å². The van der Waals surface area contributed by atoms with Crippen molar-refractivity contribution in [2.24, 2.45) is 0 Å². The third-order valence-electron chi connectivity index (χ3n) is 1.73. The number of hydrogen-bond acceptors (Lipinski definition) is 4. The normalized spacial score (nSPS) is 10.2. The summed E-state index contributed by atoms with van der Waals surface area (Å²) in [5.41, 5.74) is 0. The van der Waals surface area contributed by atoms with E-state index < -0.39 is 0 Å². The summed E-state index contributed by atoms with van der Waals surface area (Å²) in [5, 5.41) is 4.03. The Hall–Kier alpha value is -0.290. The maximum absolute atomic E-state index is 4.22. The quantitative estimate of drug-likeness (QED) is 0.509. The topological polar surface area (TPSA) is 37.8 Å². The van der Waals surface area contributed by atoms with Gasteiger partial charge in [-0.25, -0.2) is 9.97 Å². The van der Waals surface area contributed by atoms with E-state index in [1.807, 2.05) is 7.05 Å². The van der Waals surface area contributed by atoms with Gasteiger partial charge in [0.1, 0.15) is 17.2 Å². The van der Waals surface area contributed by atoms with E-state index in [1.54, 1.807) is 18.1 Å². The first-order valence-corrected chi connectivity index (χ1v) is 6.38. The minimum Gasteiger partial charge on any atom is -0.372 e. The highest BCUT2D eigenvalue weighted by molar-refractivity contribution is 9.10. The molecule has 5 heteroatoms. The molecule has 1 heterocycles. The van der Waals surface area contributed by atoms with Gasteiger partial charge in [0.15, 0.2) is 0 Å². The average molecular weight is 276 g/mol. The van der Waals surface area contributed by atoms with Crippen LogP contribution in [0.5, 0.6) is 0 Å². The monoisotopic (exact) mass is 275 g/mol. The maximum atomic E-state index is 4.22. The highest BCUT2D eigenvalue weighted by Crippen LogP contribution is 2.30. The van der Waals surface area contributed by atoms with Gasteiger partial charge in [-0.3, -0.25) is 0 Å². The van der Waals surface area contributed by atoms with E-state index in [9.17, 15) is 0 Å². The van der Waals surface area contributed by atoms with Gasteiger partial charge in [0, 0.05) is 7.05 Å². The number of hydrogen-bond donors (Lipinski definition) is 1. The lowest BCUT2D eigenvalue weighted by atomic mass is 10.4. The van der Waals surface area contributed by atoms with E-state index >= 15 is 0 Å². The van der Waals surface area contributed by atoms with E-state index in [4.69, 9.17) is 0 Å². The van der Waals surface area contributed by atoms with Crippen LogP contribution in [0.4, 0.5) is 5.82 Å². The van der Waals surface area contributed by atoms with Gasteiger partial charge in [0.2, 0.25) is 0 Å². The minimum absolute atomic E-state index is 0.846. The van der Waals surface area contributed by atoms with Crippen molar-refractivity contribution in [3.8, 4) is 0 Å². The van der Waals surface area contributed by atoms with Crippen LogP contribution in [0.3, 0.4) is 0 Å². The molecule has 1 aromatic rings. The smallest absolute Gasteiger partial charge is 0.144 e. The zero-order valence-electron chi connectivity index (χ0n) is 8.38. The van der Waals surface area contributed by atoms with E-state index in [0.717, 1.165) is 21.1 Å². The minimum atomic E-state index is 0.846. The molecule has 78 valence electrons. The molecule has 0 spiro atoms. The predicted octanol–water partition coefficient (Wildman–Crippen LogP) is 3.17. The molecule has 3 nitrogen and oxygen atoms in total. The van der Waals surface area contributed by atoms with Crippen molar-refractivity contribution >= 4 is 33.5 Å². The highest BCUT2D eigenvalue weighted by atomic mass is 79.9. The molecule has 0 aliphatic carbocycles. The molecular formula is C9H14BrN3S. The van der Waals surface area contributed by atoms with Crippen molar-refractivity contribution in [3.05, 3.63) is 10.8 Å². The van der Waals surface area contributed by atoms with E-state index in [1.165, 1.54) is 12.8 Å². The van der Waals surface area contributed by atoms with Gasteiger partial charge < -0.3 is 5.32 Å². The van der Waals surface area contributed by atoms with E-state index in [-0.39, 0.29) is 0 Å². The standard InChI is InChI=1S/C9H14BrN3S/c1-3-4-5-14-9-7(10)8(11-2)12-6-13-9/h6H,3-5H2,1-2H3,(H,11,12,13). The Morgan fingerprint density at radius 3 is 2.93 bits per heavy atom. The molecule has 0 aromatic carbocycles. The first kappa shape index (κ1) is 11.8. The largest absolute Gasteiger partial charge is 0.372 e. The lowest BCUT2D eigenvalue weighted by Crippen LogP contribution is -1.96. The van der Waals surface area contributed by atoms with Gasteiger partial charge in [-0.05, 0) is 28.1 Å². The second-order valence-corrected chi connectivity index (χ2v) is 4.67. The SMILES string of the molecule is CCCCSc1ncnc(NC)c1Br. The predicted molar refractivity (Wildman–Crippen MR) is 64.9 cm³/mol. The summed E-state index contributed by atoms with van der Waals surface area (Å²) in [6.07, 6.45) is 4.02. The van der Waals surface area contributed by atoms with E-state index in [2.05, 4.69) is 38.1 Å². The Morgan fingerprint density at radius 1 is 1.50 bits per heavy atom. The Labute approximate surface area is 97.2 Å². The van der Waals surface area contributed by atoms with Crippen LogP contribution in [-0.2, 0) is 0 Å². The molecule has 0 aliphatic rings. The van der Waals surface area contributed by atoms with Crippen molar-refractivity contribution in [1.82, 2.24) is 9.97 Å². The van der Waals surface area contributed by atoms with Crippen LogP contribution < -0.4 is 5.32 Å². The van der Waals surface area contributed by atoms with Crippen LogP contribution >= 0.6 is 27.7 Å². The Balaban J connectivity index is 2.66. The zero-order chi connectivity index (χ0) is 10.4. The highest BCUT2D eigenvalue weighted by Gasteiger charge is 2.06.